The topological polar surface area (TPSA) is 61.1 Å². The summed E-state index contributed by atoms with van der Waals surface area (Å²) in [5, 5.41) is 1.24. The van der Waals surface area contributed by atoms with Crippen LogP contribution >= 0.6 is 11.5 Å². The molecule has 3 aliphatic carbocycles. The van der Waals surface area contributed by atoms with E-state index in [4.69, 9.17) is 10.9 Å². The van der Waals surface area contributed by atoms with Crippen LogP contribution in [-0.2, 0) is 9.59 Å². The van der Waals surface area contributed by atoms with E-state index in [1.54, 1.807) is 16.4 Å². The van der Waals surface area contributed by atoms with Crippen molar-refractivity contribution < 1.29 is 9.59 Å². The van der Waals surface area contributed by atoms with Crippen molar-refractivity contribution in [3.8, 4) is 6.57 Å². The first-order chi connectivity index (χ1) is 18.1. The van der Waals surface area contributed by atoms with E-state index in [0.717, 1.165) is 83.5 Å². The molecule has 37 heavy (non-hydrogen) atoms. The summed E-state index contributed by atoms with van der Waals surface area (Å²) in [6.07, 6.45) is 7.40. The summed E-state index contributed by atoms with van der Waals surface area (Å²) in [6.45, 7) is 11.3. The monoisotopic (exact) mass is 518 g/mol. The number of hydrogen-bond donors (Lipinski definition) is 0. The van der Waals surface area contributed by atoms with Crippen molar-refractivity contribution in [2.75, 3.05) is 44.2 Å². The first-order valence-electron chi connectivity index (χ1n) is 14.2. The van der Waals surface area contributed by atoms with E-state index in [0.29, 0.717) is 18.4 Å². The van der Waals surface area contributed by atoms with Crippen LogP contribution in [0, 0.1) is 36.2 Å². The fourth-order valence-corrected chi connectivity index (χ4v) is 9.23. The van der Waals surface area contributed by atoms with Crippen LogP contribution < -0.4 is 4.90 Å². The number of benzene rings is 1. The number of fused-ring (bicyclic) bond motifs is 6. The van der Waals surface area contributed by atoms with E-state index >= 15 is 0 Å². The van der Waals surface area contributed by atoms with Gasteiger partial charge in [0, 0.05) is 44.5 Å². The minimum atomic E-state index is -0.524. The van der Waals surface area contributed by atoms with Gasteiger partial charge in [-0.2, -0.15) is 4.37 Å². The van der Waals surface area contributed by atoms with Crippen LogP contribution in [0.4, 0.5) is 5.82 Å². The third-order valence-electron chi connectivity index (χ3n) is 10.4. The number of carbonyl (C=O) groups excluding carboxylic acids is 2. The SMILES string of the molecule is C#[N+][C@@]1(CN2C(=O)[C@@H]3[C@H]4CCC(C4)[C@@H]3C2=O)CCCC[C@H]1CN1CCN(c2nsc3ccccc23)CC1. The summed E-state index contributed by atoms with van der Waals surface area (Å²) < 4.78 is 5.99. The second-order valence-corrected chi connectivity index (χ2v) is 12.9. The molecule has 0 N–H and O–H groups in total. The highest BCUT2D eigenvalue weighted by molar-refractivity contribution is 7.13. The third-order valence-corrected chi connectivity index (χ3v) is 11.2. The summed E-state index contributed by atoms with van der Waals surface area (Å²) >= 11 is 1.57. The maximum atomic E-state index is 13.5. The van der Waals surface area contributed by atoms with Gasteiger partial charge in [0.05, 0.1) is 22.5 Å². The van der Waals surface area contributed by atoms with Crippen LogP contribution in [0.5, 0.6) is 0 Å². The predicted octanol–water partition coefficient (Wildman–Crippen LogP) is 4.34. The summed E-state index contributed by atoms with van der Waals surface area (Å²) in [7, 11) is 0. The van der Waals surface area contributed by atoms with Crippen LogP contribution in [0.1, 0.15) is 44.9 Å². The zero-order valence-corrected chi connectivity index (χ0v) is 22.2. The number of likely N-dealkylation sites (tertiary alicyclic amines) is 1. The molecule has 194 valence electrons. The zero-order chi connectivity index (χ0) is 25.1. The van der Waals surface area contributed by atoms with Gasteiger partial charge in [0.15, 0.2) is 0 Å². The molecule has 2 bridgehead atoms. The highest BCUT2D eigenvalue weighted by Crippen LogP contribution is 2.56. The Labute approximate surface area is 222 Å². The predicted molar refractivity (Wildman–Crippen MR) is 146 cm³/mol. The molecule has 3 heterocycles. The van der Waals surface area contributed by atoms with Crippen LogP contribution in [0.25, 0.3) is 14.9 Å². The lowest BCUT2D eigenvalue weighted by Crippen LogP contribution is -2.55. The Balaban J connectivity index is 1.04. The lowest BCUT2D eigenvalue weighted by atomic mass is 9.72. The Kier molecular flexibility index (Phi) is 5.78. The molecule has 7 nitrogen and oxygen atoms in total. The van der Waals surface area contributed by atoms with Crippen molar-refractivity contribution in [2.45, 2.75) is 50.5 Å². The Bertz CT molecular complexity index is 1230. The standard InChI is InChI=1S/C29H36N5O2S/c1-30-29(18-34-27(35)24-19-9-10-20(16-19)25(24)28(34)36)11-5-4-6-21(29)17-32-12-14-33(15-13-32)26-22-7-2-3-8-23(22)37-31-26/h1-3,7-8,19-21,24-25H,4-6,9-18H2/q+1/t19-,20?,21-,24+,25-,29+/m0/s1. The molecular formula is C29H36N5O2S+. The first-order valence-corrected chi connectivity index (χ1v) is 14.9. The molecule has 5 fully saturated rings. The zero-order valence-electron chi connectivity index (χ0n) is 21.4. The van der Waals surface area contributed by atoms with E-state index in [1.807, 2.05) is 0 Å². The molecule has 2 aliphatic heterocycles. The Hall–Kier alpha value is -2.50. The van der Waals surface area contributed by atoms with Crippen molar-refractivity contribution in [2.24, 2.45) is 29.6 Å². The molecule has 0 spiro atoms. The van der Waals surface area contributed by atoms with Gasteiger partial charge in [-0.3, -0.25) is 19.4 Å². The number of piperazine rings is 1. The number of hydrogen-bond acceptors (Lipinski definition) is 6. The number of carbonyl (C=O) groups is 2. The molecule has 6 atom stereocenters. The van der Waals surface area contributed by atoms with Gasteiger partial charge >= 0.3 is 5.54 Å². The number of imide groups is 1. The van der Waals surface area contributed by atoms with Gasteiger partial charge in [0.25, 0.3) is 6.57 Å². The summed E-state index contributed by atoms with van der Waals surface area (Å²) in [4.78, 5) is 38.0. The van der Waals surface area contributed by atoms with Crippen molar-refractivity contribution in [3.05, 3.63) is 29.1 Å². The number of rotatable bonds is 5. The lowest BCUT2D eigenvalue weighted by molar-refractivity contribution is -0.142. The van der Waals surface area contributed by atoms with Gasteiger partial charge in [-0.05, 0) is 67.6 Å². The number of anilines is 1. The Morgan fingerprint density at radius 2 is 1.73 bits per heavy atom. The molecule has 1 aromatic carbocycles. The quantitative estimate of drug-likeness (QED) is 0.551. The molecule has 7 rings (SSSR count). The van der Waals surface area contributed by atoms with E-state index in [2.05, 4.69) is 38.9 Å². The van der Waals surface area contributed by atoms with Gasteiger partial charge < -0.3 is 4.90 Å². The molecule has 8 heteroatoms. The third kappa shape index (κ3) is 3.72. The molecule has 2 saturated heterocycles. The van der Waals surface area contributed by atoms with E-state index in [1.165, 1.54) is 10.1 Å². The van der Waals surface area contributed by atoms with Crippen molar-refractivity contribution in [3.63, 3.8) is 0 Å². The van der Waals surface area contributed by atoms with Crippen molar-refractivity contribution in [1.82, 2.24) is 14.2 Å². The molecule has 2 amide bonds. The second-order valence-electron chi connectivity index (χ2n) is 12.1. The van der Waals surface area contributed by atoms with Crippen LogP contribution in [-0.4, -0.2) is 70.8 Å². The highest BCUT2D eigenvalue weighted by atomic mass is 32.1. The number of aromatic nitrogens is 1. The summed E-state index contributed by atoms with van der Waals surface area (Å²) in [6, 6.07) is 8.46. The largest absolute Gasteiger partial charge is 0.353 e. The van der Waals surface area contributed by atoms with Gasteiger partial charge in [0.1, 0.15) is 12.4 Å². The van der Waals surface area contributed by atoms with Gasteiger partial charge in [0.2, 0.25) is 11.8 Å². The molecule has 5 aliphatic rings. The molecule has 0 radical (unpaired) electrons. The Morgan fingerprint density at radius 1 is 1.00 bits per heavy atom. The molecule has 1 aromatic heterocycles. The average molecular weight is 519 g/mol. The fraction of sp³-hybridized carbons (Fsp3) is 0.655. The second kappa shape index (κ2) is 9.06. The number of amides is 2. The average Bonchev–Trinajstić information content (AvgIpc) is 3.71. The molecular weight excluding hydrogens is 482 g/mol. The molecule has 1 unspecified atom stereocenters. The smallest absolute Gasteiger partial charge is 0.302 e. The molecule has 2 aromatic rings. The molecule has 3 saturated carbocycles. The Morgan fingerprint density at radius 3 is 2.46 bits per heavy atom. The maximum absolute atomic E-state index is 13.5. The fourth-order valence-electron chi connectivity index (χ4n) is 8.43. The van der Waals surface area contributed by atoms with Crippen LogP contribution in [0.2, 0.25) is 0 Å². The minimum absolute atomic E-state index is 0.0682. The number of nitrogens with zero attached hydrogens (tertiary/aromatic N) is 5. The van der Waals surface area contributed by atoms with E-state index < -0.39 is 5.54 Å². The van der Waals surface area contributed by atoms with Crippen LogP contribution in [0.3, 0.4) is 0 Å². The van der Waals surface area contributed by atoms with Crippen LogP contribution in [0.15, 0.2) is 24.3 Å². The van der Waals surface area contributed by atoms with Gasteiger partial charge in [-0.15, -0.1) is 0 Å². The van der Waals surface area contributed by atoms with Crippen molar-refractivity contribution >= 4 is 39.3 Å². The van der Waals surface area contributed by atoms with Gasteiger partial charge in [-0.1, -0.05) is 23.4 Å². The van der Waals surface area contributed by atoms with E-state index in [9.17, 15) is 9.59 Å². The summed E-state index contributed by atoms with van der Waals surface area (Å²) in [5.41, 5.74) is -0.524. The van der Waals surface area contributed by atoms with Crippen molar-refractivity contribution in [1.29, 1.82) is 0 Å². The highest BCUT2D eigenvalue weighted by Gasteiger charge is 2.63. The minimum Gasteiger partial charge on any atom is -0.353 e. The normalized spacial score (nSPS) is 35.9. The lowest BCUT2D eigenvalue weighted by Gasteiger charge is -2.40. The van der Waals surface area contributed by atoms with E-state index in [-0.39, 0.29) is 29.6 Å². The first kappa shape index (κ1) is 23.6. The van der Waals surface area contributed by atoms with Gasteiger partial charge in [-0.25, -0.2) is 0 Å². The maximum Gasteiger partial charge on any atom is 0.302 e. The summed E-state index contributed by atoms with van der Waals surface area (Å²) in [5.74, 6) is 2.18.